The largest absolute Gasteiger partial charge is 0.477 e. The Balaban J connectivity index is 1.44. The maximum absolute atomic E-state index is 13.1. The van der Waals surface area contributed by atoms with Crippen molar-refractivity contribution < 1.29 is 24.3 Å². The standard InChI is InChI=1S/C22H32N8O5S/c1-9-16-15(10(2)25-14(31)8-29-22(23)26-11(3)27-29)20(33)30(16)17(21(34)35)18(9)36-12-6-13(24-7-12)19(32)28(4)5/h9-10,12-13,15-16,24H,6-8H2,1-5H3,(H,25,31)(H,34,35)(H2,23,26,27)/t9-,10-,12+,13+,15-,16-/m1/s1. The molecule has 2 fully saturated rings. The smallest absolute Gasteiger partial charge is 0.353 e. The van der Waals surface area contributed by atoms with Crippen molar-refractivity contribution in [3.05, 3.63) is 16.4 Å². The van der Waals surface area contributed by atoms with Crippen molar-refractivity contribution in [1.82, 2.24) is 35.2 Å². The van der Waals surface area contributed by atoms with Gasteiger partial charge in [-0.1, -0.05) is 6.92 Å². The lowest BCUT2D eigenvalue weighted by atomic mass is 9.78. The van der Waals surface area contributed by atoms with E-state index < -0.39 is 17.9 Å². The van der Waals surface area contributed by atoms with Crippen molar-refractivity contribution in [2.75, 3.05) is 26.4 Å². The van der Waals surface area contributed by atoms with E-state index in [0.717, 1.165) is 0 Å². The summed E-state index contributed by atoms with van der Waals surface area (Å²) < 4.78 is 1.28. The minimum atomic E-state index is -1.15. The van der Waals surface area contributed by atoms with Crippen molar-refractivity contribution in [2.24, 2.45) is 11.8 Å². The minimum absolute atomic E-state index is 0.00512. The van der Waals surface area contributed by atoms with Gasteiger partial charge in [-0.05, 0) is 20.3 Å². The van der Waals surface area contributed by atoms with Crippen molar-refractivity contribution in [3.63, 3.8) is 0 Å². The number of anilines is 1. The van der Waals surface area contributed by atoms with E-state index in [9.17, 15) is 24.3 Å². The molecule has 0 aliphatic carbocycles. The first-order valence-electron chi connectivity index (χ1n) is 11.8. The number of aryl methyl sites for hydroxylation is 1. The van der Waals surface area contributed by atoms with Gasteiger partial charge in [0.1, 0.15) is 18.1 Å². The van der Waals surface area contributed by atoms with Crippen molar-refractivity contribution in [3.8, 4) is 0 Å². The Kier molecular flexibility index (Phi) is 7.01. The first-order chi connectivity index (χ1) is 16.9. The molecule has 36 heavy (non-hydrogen) atoms. The number of carboxylic acids is 1. The number of thioether (sulfide) groups is 1. The molecule has 13 nitrogen and oxygen atoms in total. The van der Waals surface area contributed by atoms with E-state index in [2.05, 4.69) is 20.7 Å². The van der Waals surface area contributed by atoms with E-state index in [-0.39, 0.29) is 59.2 Å². The number of nitrogens with two attached hydrogens (primary N) is 1. The van der Waals surface area contributed by atoms with E-state index in [1.165, 1.54) is 26.2 Å². The van der Waals surface area contributed by atoms with E-state index >= 15 is 0 Å². The fourth-order valence-corrected chi connectivity index (χ4v) is 6.76. The highest BCUT2D eigenvalue weighted by Gasteiger charge is 2.60. The molecule has 3 aliphatic heterocycles. The highest BCUT2D eigenvalue weighted by molar-refractivity contribution is 8.03. The van der Waals surface area contributed by atoms with Crippen LogP contribution >= 0.6 is 11.8 Å². The molecule has 6 atom stereocenters. The Bertz CT molecular complexity index is 1130. The van der Waals surface area contributed by atoms with Crippen LogP contribution in [0.2, 0.25) is 0 Å². The molecule has 2 saturated heterocycles. The van der Waals surface area contributed by atoms with Gasteiger partial charge in [0, 0.05) is 42.8 Å². The third kappa shape index (κ3) is 4.54. The van der Waals surface area contributed by atoms with Crippen LogP contribution in [-0.2, 0) is 25.7 Å². The fourth-order valence-electron chi connectivity index (χ4n) is 5.28. The van der Waals surface area contributed by atoms with Gasteiger partial charge in [0.15, 0.2) is 0 Å². The van der Waals surface area contributed by atoms with Gasteiger partial charge in [0.25, 0.3) is 0 Å². The molecule has 196 valence electrons. The second-order valence-corrected chi connectivity index (χ2v) is 11.1. The monoisotopic (exact) mass is 520 g/mol. The molecule has 0 radical (unpaired) electrons. The van der Waals surface area contributed by atoms with E-state index in [1.54, 1.807) is 27.9 Å². The number of aromatic nitrogens is 3. The van der Waals surface area contributed by atoms with Crippen LogP contribution in [0.5, 0.6) is 0 Å². The first-order valence-corrected chi connectivity index (χ1v) is 12.7. The Morgan fingerprint density at radius 3 is 2.64 bits per heavy atom. The lowest BCUT2D eigenvalue weighted by Crippen LogP contribution is -2.66. The average molecular weight is 521 g/mol. The van der Waals surface area contributed by atoms with Gasteiger partial charge in [-0.25, -0.2) is 9.48 Å². The fraction of sp³-hybridized carbons (Fsp3) is 0.636. The number of hydrogen-bond acceptors (Lipinski definition) is 9. The van der Waals surface area contributed by atoms with Crippen LogP contribution in [-0.4, -0.2) is 97.4 Å². The summed E-state index contributed by atoms with van der Waals surface area (Å²) in [4.78, 5) is 57.7. The summed E-state index contributed by atoms with van der Waals surface area (Å²) in [5.74, 6) is -2.07. The van der Waals surface area contributed by atoms with E-state index in [4.69, 9.17) is 5.73 Å². The van der Waals surface area contributed by atoms with Crippen LogP contribution in [0.3, 0.4) is 0 Å². The second-order valence-electron chi connectivity index (χ2n) is 9.73. The Morgan fingerprint density at radius 2 is 2.06 bits per heavy atom. The third-order valence-corrected chi connectivity index (χ3v) is 8.45. The number of hydrogen-bond donors (Lipinski definition) is 4. The van der Waals surface area contributed by atoms with Crippen molar-refractivity contribution in [1.29, 1.82) is 0 Å². The molecule has 0 aromatic carbocycles. The van der Waals surface area contributed by atoms with Gasteiger partial charge >= 0.3 is 5.97 Å². The number of likely N-dealkylation sites (N-methyl/N-ethyl adjacent to an activating group) is 1. The first kappa shape index (κ1) is 25.9. The highest BCUT2D eigenvalue weighted by Crippen LogP contribution is 2.51. The topological polar surface area (TPSA) is 176 Å². The van der Waals surface area contributed by atoms with Gasteiger partial charge in [-0.3, -0.25) is 14.4 Å². The number of rotatable bonds is 8. The van der Waals surface area contributed by atoms with Gasteiger partial charge in [0.05, 0.1) is 18.0 Å². The molecule has 4 heterocycles. The molecule has 3 aliphatic rings. The number of amides is 3. The number of aliphatic carboxylic acids is 1. The summed E-state index contributed by atoms with van der Waals surface area (Å²) in [7, 11) is 3.40. The lowest BCUT2D eigenvalue weighted by Gasteiger charge is -2.47. The van der Waals surface area contributed by atoms with Crippen LogP contribution in [0.4, 0.5) is 5.95 Å². The molecule has 1 aromatic rings. The number of carbonyl (C=O) groups excluding carboxylic acids is 3. The van der Waals surface area contributed by atoms with Crippen molar-refractivity contribution in [2.45, 2.75) is 57.1 Å². The van der Waals surface area contributed by atoms with Gasteiger partial charge < -0.3 is 31.3 Å². The zero-order chi connectivity index (χ0) is 26.5. The van der Waals surface area contributed by atoms with E-state index in [1.807, 2.05) is 6.92 Å². The SMILES string of the molecule is Cc1nc(N)n(CC(=O)N[C@H](C)[C@H]2C(=O)N3C(C(=O)O)=C(S[C@@H]4CN[C@H](C(=O)N(C)C)C4)[C@H](C)[C@H]23)n1. The molecule has 4 rings (SSSR count). The zero-order valence-electron chi connectivity index (χ0n) is 20.9. The summed E-state index contributed by atoms with van der Waals surface area (Å²) >= 11 is 1.43. The minimum Gasteiger partial charge on any atom is -0.477 e. The number of nitrogen functional groups attached to an aromatic ring is 1. The molecular weight excluding hydrogens is 488 g/mol. The maximum Gasteiger partial charge on any atom is 0.353 e. The molecule has 0 unspecified atom stereocenters. The summed E-state index contributed by atoms with van der Waals surface area (Å²) in [5.41, 5.74) is 5.76. The van der Waals surface area contributed by atoms with Crippen LogP contribution < -0.4 is 16.4 Å². The highest BCUT2D eigenvalue weighted by atomic mass is 32.2. The predicted molar refractivity (Wildman–Crippen MR) is 131 cm³/mol. The molecular formula is C22H32N8O5S. The van der Waals surface area contributed by atoms with Crippen LogP contribution in [0.1, 0.15) is 26.1 Å². The maximum atomic E-state index is 13.1. The van der Waals surface area contributed by atoms with Crippen LogP contribution in [0.15, 0.2) is 10.6 Å². The Hall–Kier alpha value is -3.13. The average Bonchev–Trinajstić information content (AvgIpc) is 3.44. The second kappa shape index (κ2) is 9.73. The molecule has 5 N–H and O–H groups in total. The number of nitrogens with zero attached hydrogens (tertiary/aromatic N) is 5. The predicted octanol–water partition coefficient (Wildman–Crippen LogP) is -1.00. The molecule has 0 saturated carbocycles. The van der Waals surface area contributed by atoms with Gasteiger partial charge in [-0.2, -0.15) is 10.1 Å². The zero-order valence-corrected chi connectivity index (χ0v) is 21.7. The number of fused-ring (bicyclic) bond motifs is 1. The molecule has 0 spiro atoms. The number of nitrogens with one attached hydrogen (secondary N) is 2. The summed E-state index contributed by atoms with van der Waals surface area (Å²) in [6.07, 6.45) is 0.574. The number of β-lactam (4-membered cyclic amide) rings is 1. The Morgan fingerprint density at radius 1 is 1.36 bits per heavy atom. The van der Waals surface area contributed by atoms with Crippen LogP contribution in [0.25, 0.3) is 0 Å². The number of carbonyl (C=O) groups is 4. The number of carboxylic acid groups (broad SMARTS) is 1. The third-order valence-electron chi connectivity index (χ3n) is 6.94. The van der Waals surface area contributed by atoms with Gasteiger partial charge in [0.2, 0.25) is 23.7 Å². The Labute approximate surface area is 212 Å². The molecule has 1 aromatic heterocycles. The molecule has 3 amide bonds. The quantitative estimate of drug-likeness (QED) is 0.311. The summed E-state index contributed by atoms with van der Waals surface area (Å²) in [6, 6.07) is -1.20. The summed E-state index contributed by atoms with van der Waals surface area (Å²) in [5, 5.41) is 20.1. The van der Waals surface area contributed by atoms with Crippen molar-refractivity contribution >= 4 is 41.4 Å². The van der Waals surface area contributed by atoms with E-state index in [0.29, 0.717) is 23.7 Å². The van der Waals surface area contributed by atoms with Crippen LogP contribution in [0, 0.1) is 18.8 Å². The summed E-state index contributed by atoms with van der Waals surface area (Å²) in [6.45, 7) is 5.75. The lowest BCUT2D eigenvalue weighted by molar-refractivity contribution is -0.158. The molecule has 14 heteroatoms. The molecule has 0 bridgehead atoms. The van der Waals surface area contributed by atoms with Gasteiger partial charge in [-0.15, -0.1) is 11.8 Å². The normalized spacial score (nSPS) is 28.1.